The first-order chi connectivity index (χ1) is 11.6. The molecule has 0 saturated carbocycles. The van der Waals surface area contributed by atoms with Crippen molar-refractivity contribution in [2.24, 2.45) is 0 Å². The average molecular weight is 318 g/mol. The Morgan fingerprint density at radius 1 is 1.00 bits per heavy atom. The standard InChI is InChI=1S/C20H14O4/c1-13-12-16(21)19-15(20(13)23)8-5-9-17(19)24-18(22)11-10-14-6-3-2-4-7-14/h2-12H,1H3/b11-10+. The number of hydrogen-bond acceptors (Lipinski definition) is 4. The summed E-state index contributed by atoms with van der Waals surface area (Å²) in [6.07, 6.45) is 4.17. The fraction of sp³-hybridized carbons (Fsp3) is 0.0500. The van der Waals surface area contributed by atoms with Crippen LogP contribution in [0.1, 0.15) is 33.2 Å². The zero-order chi connectivity index (χ0) is 17.1. The molecule has 0 saturated heterocycles. The van der Waals surface area contributed by atoms with E-state index in [0.717, 1.165) is 5.56 Å². The number of esters is 1. The van der Waals surface area contributed by atoms with Gasteiger partial charge in [0.1, 0.15) is 5.75 Å². The highest BCUT2D eigenvalue weighted by Crippen LogP contribution is 2.29. The molecule has 3 rings (SSSR count). The van der Waals surface area contributed by atoms with Crippen molar-refractivity contribution in [3.63, 3.8) is 0 Å². The highest BCUT2D eigenvalue weighted by molar-refractivity contribution is 6.25. The fourth-order valence-corrected chi connectivity index (χ4v) is 2.48. The molecule has 2 aromatic carbocycles. The number of benzene rings is 2. The van der Waals surface area contributed by atoms with E-state index in [9.17, 15) is 14.4 Å². The molecule has 4 nitrogen and oxygen atoms in total. The summed E-state index contributed by atoms with van der Waals surface area (Å²) >= 11 is 0. The van der Waals surface area contributed by atoms with Crippen LogP contribution in [-0.4, -0.2) is 17.5 Å². The normalized spacial score (nSPS) is 13.6. The highest BCUT2D eigenvalue weighted by atomic mass is 16.5. The summed E-state index contributed by atoms with van der Waals surface area (Å²) in [5.74, 6) is -1.09. The maximum atomic E-state index is 12.2. The predicted molar refractivity (Wildman–Crippen MR) is 90.0 cm³/mol. The maximum absolute atomic E-state index is 12.2. The molecular formula is C20H14O4. The van der Waals surface area contributed by atoms with E-state index in [1.54, 1.807) is 25.1 Å². The smallest absolute Gasteiger partial charge is 0.336 e. The zero-order valence-electron chi connectivity index (χ0n) is 13.0. The quantitative estimate of drug-likeness (QED) is 0.492. The SMILES string of the molecule is CC1=CC(=O)c2c(OC(=O)/C=C/c3ccccc3)cccc2C1=O. The number of carbonyl (C=O) groups is 3. The van der Waals surface area contributed by atoms with Crippen molar-refractivity contribution in [1.82, 2.24) is 0 Å². The van der Waals surface area contributed by atoms with E-state index in [-0.39, 0.29) is 28.4 Å². The summed E-state index contributed by atoms with van der Waals surface area (Å²) in [4.78, 5) is 36.3. The zero-order valence-corrected chi connectivity index (χ0v) is 13.0. The van der Waals surface area contributed by atoms with Crippen LogP contribution in [0.4, 0.5) is 0 Å². The first kappa shape index (κ1) is 15.6. The van der Waals surface area contributed by atoms with Crippen molar-refractivity contribution in [3.05, 3.63) is 82.9 Å². The van der Waals surface area contributed by atoms with Crippen LogP contribution in [0.3, 0.4) is 0 Å². The summed E-state index contributed by atoms with van der Waals surface area (Å²) < 4.78 is 5.26. The second kappa shape index (κ2) is 6.46. The number of ketones is 2. The molecule has 1 aliphatic carbocycles. The van der Waals surface area contributed by atoms with Gasteiger partial charge < -0.3 is 4.74 Å². The van der Waals surface area contributed by atoms with Crippen LogP contribution in [0.25, 0.3) is 6.08 Å². The van der Waals surface area contributed by atoms with Crippen LogP contribution >= 0.6 is 0 Å². The third-order valence-corrected chi connectivity index (χ3v) is 3.64. The minimum absolute atomic E-state index is 0.0947. The number of fused-ring (bicyclic) bond motifs is 1. The topological polar surface area (TPSA) is 60.4 Å². The molecule has 0 bridgehead atoms. The van der Waals surface area contributed by atoms with Gasteiger partial charge in [-0.25, -0.2) is 4.79 Å². The molecule has 4 heteroatoms. The van der Waals surface area contributed by atoms with Gasteiger partial charge in [-0.15, -0.1) is 0 Å². The van der Waals surface area contributed by atoms with Crippen LogP contribution in [0.2, 0.25) is 0 Å². The number of carbonyl (C=O) groups excluding carboxylic acids is 3. The third-order valence-electron chi connectivity index (χ3n) is 3.64. The molecule has 0 radical (unpaired) electrons. The molecule has 0 N–H and O–H groups in total. The monoisotopic (exact) mass is 318 g/mol. The Morgan fingerprint density at radius 3 is 2.50 bits per heavy atom. The number of allylic oxidation sites excluding steroid dienone is 2. The maximum Gasteiger partial charge on any atom is 0.336 e. The molecule has 0 unspecified atom stereocenters. The van der Waals surface area contributed by atoms with Gasteiger partial charge in [-0.2, -0.15) is 0 Å². The first-order valence-electron chi connectivity index (χ1n) is 7.41. The highest BCUT2D eigenvalue weighted by Gasteiger charge is 2.27. The van der Waals surface area contributed by atoms with Gasteiger partial charge in [0.05, 0.1) is 5.56 Å². The van der Waals surface area contributed by atoms with Crippen LogP contribution in [-0.2, 0) is 4.79 Å². The van der Waals surface area contributed by atoms with E-state index in [1.807, 2.05) is 30.3 Å². The lowest BCUT2D eigenvalue weighted by atomic mass is 9.89. The number of Topliss-reactive ketones (excluding diaryl/α,β-unsaturated/α-hetero) is 1. The molecule has 1 aliphatic rings. The van der Waals surface area contributed by atoms with E-state index in [0.29, 0.717) is 5.57 Å². The molecule has 2 aromatic rings. The second-order valence-electron chi connectivity index (χ2n) is 5.36. The second-order valence-corrected chi connectivity index (χ2v) is 5.36. The van der Waals surface area contributed by atoms with Crippen LogP contribution in [0, 0.1) is 0 Å². The Hall–Kier alpha value is -3.27. The Morgan fingerprint density at radius 2 is 1.75 bits per heavy atom. The molecule has 24 heavy (non-hydrogen) atoms. The largest absolute Gasteiger partial charge is 0.423 e. The van der Waals surface area contributed by atoms with Crippen molar-refractivity contribution < 1.29 is 19.1 Å². The van der Waals surface area contributed by atoms with Crippen molar-refractivity contribution in [3.8, 4) is 5.75 Å². The van der Waals surface area contributed by atoms with Gasteiger partial charge in [-0.1, -0.05) is 42.5 Å². The van der Waals surface area contributed by atoms with Gasteiger partial charge in [0, 0.05) is 17.2 Å². The molecule has 0 aliphatic heterocycles. The number of hydrogen-bond donors (Lipinski definition) is 0. The Bertz CT molecular complexity index is 889. The van der Waals surface area contributed by atoms with Crippen LogP contribution in [0.5, 0.6) is 5.75 Å². The molecule has 0 amide bonds. The lowest BCUT2D eigenvalue weighted by Gasteiger charge is -2.15. The fourth-order valence-electron chi connectivity index (χ4n) is 2.48. The van der Waals surface area contributed by atoms with E-state index in [4.69, 9.17) is 4.74 Å². The van der Waals surface area contributed by atoms with Gasteiger partial charge in [0.15, 0.2) is 11.6 Å². The van der Waals surface area contributed by atoms with E-state index >= 15 is 0 Å². The number of ether oxygens (including phenoxy) is 1. The molecule has 0 fully saturated rings. The Labute approximate surface area is 139 Å². The van der Waals surface area contributed by atoms with Gasteiger partial charge in [0.2, 0.25) is 0 Å². The van der Waals surface area contributed by atoms with E-state index < -0.39 is 5.97 Å². The molecule has 0 atom stereocenters. The molecule has 118 valence electrons. The third kappa shape index (κ3) is 3.08. The predicted octanol–water partition coefficient (Wildman–Crippen LogP) is 3.63. The van der Waals surface area contributed by atoms with Crippen molar-refractivity contribution in [1.29, 1.82) is 0 Å². The summed E-state index contributed by atoms with van der Waals surface area (Å²) in [5.41, 5.74) is 1.63. The van der Waals surface area contributed by atoms with Gasteiger partial charge in [-0.3, -0.25) is 9.59 Å². The molecule has 0 spiro atoms. The first-order valence-corrected chi connectivity index (χ1v) is 7.41. The average Bonchev–Trinajstić information content (AvgIpc) is 2.59. The van der Waals surface area contributed by atoms with E-state index in [1.165, 1.54) is 18.2 Å². The summed E-state index contributed by atoms with van der Waals surface area (Å²) in [6.45, 7) is 1.59. The van der Waals surface area contributed by atoms with Gasteiger partial charge >= 0.3 is 5.97 Å². The van der Waals surface area contributed by atoms with E-state index in [2.05, 4.69) is 0 Å². The Kier molecular flexibility index (Phi) is 4.20. The lowest BCUT2D eigenvalue weighted by molar-refractivity contribution is -0.128. The van der Waals surface area contributed by atoms with Crippen LogP contribution < -0.4 is 4.74 Å². The van der Waals surface area contributed by atoms with Gasteiger partial charge in [0.25, 0.3) is 0 Å². The van der Waals surface area contributed by atoms with Crippen molar-refractivity contribution in [2.45, 2.75) is 6.92 Å². The minimum atomic E-state index is -0.612. The van der Waals surface area contributed by atoms with Crippen molar-refractivity contribution in [2.75, 3.05) is 0 Å². The Balaban J connectivity index is 1.85. The molecular weight excluding hydrogens is 304 g/mol. The molecule has 0 aromatic heterocycles. The van der Waals surface area contributed by atoms with Crippen LogP contribution in [0.15, 0.2) is 66.3 Å². The summed E-state index contributed by atoms with van der Waals surface area (Å²) in [5, 5.41) is 0. The molecule has 0 heterocycles. The summed E-state index contributed by atoms with van der Waals surface area (Å²) in [7, 11) is 0. The lowest BCUT2D eigenvalue weighted by Crippen LogP contribution is -2.18. The minimum Gasteiger partial charge on any atom is -0.423 e. The number of rotatable bonds is 3. The summed E-state index contributed by atoms with van der Waals surface area (Å²) in [6, 6.07) is 14.0. The van der Waals surface area contributed by atoms with Gasteiger partial charge in [-0.05, 0) is 30.7 Å². The van der Waals surface area contributed by atoms with Crippen molar-refractivity contribution >= 4 is 23.6 Å².